The van der Waals surface area contributed by atoms with Crippen LogP contribution in [0.4, 0.5) is 5.69 Å². The Kier molecular flexibility index (Phi) is 5.90. The molecule has 1 aromatic carbocycles. The van der Waals surface area contributed by atoms with Gasteiger partial charge in [-0.3, -0.25) is 0 Å². The number of benzene rings is 1. The molecule has 1 aliphatic heterocycles. The zero-order chi connectivity index (χ0) is 15.4. The fourth-order valence-electron chi connectivity index (χ4n) is 2.55. The van der Waals surface area contributed by atoms with Crippen molar-refractivity contribution >= 4 is 29.4 Å². The molecule has 1 aromatic rings. The van der Waals surface area contributed by atoms with Gasteiger partial charge < -0.3 is 10.0 Å². The predicted octanol–water partition coefficient (Wildman–Crippen LogP) is 4.23. The Morgan fingerprint density at radius 2 is 2.24 bits per heavy atom. The first-order valence-electron chi connectivity index (χ1n) is 7.24. The summed E-state index contributed by atoms with van der Waals surface area (Å²) in [5, 5.41) is 10.1. The molecule has 0 bridgehead atoms. The molecule has 2 rings (SSSR count). The topological polar surface area (TPSA) is 26.7 Å². The molecule has 116 valence electrons. The Hall–Kier alpha value is -0.780. The maximum Gasteiger partial charge on any atom is 0.130 e. The van der Waals surface area contributed by atoms with Gasteiger partial charge in [0.1, 0.15) is 5.75 Å². The van der Waals surface area contributed by atoms with Crippen molar-refractivity contribution in [2.45, 2.75) is 35.6 Å². The summed E-state index contributed by atoms with van der Waals surface area (Å²) >= 11 is 3.31. The SMILES string of the molecule is C=CCCC(C)N1CCN(C)Sc2cc(O)c(SC)cc21. The van der Waals surface area contributed by atoms with Crippen molar-refractivity contribution in [1.82, 2.24) is 4.31 Å². The molecule has 0 fully saturated rings. The summed E-state index contributed by atoms with van der Waals surface area (Å²) in [4.78, 5) is 4.55. The first-order valence-corrected chi connectivity index (χ1v) is 9.24. The van der Waals surface area contributed by atoms with Crippen molar-refractivity contribution in [2.24, 2.45) is 0 Å². The van der Waals surface area contributed by atoms with E-state index in [1.54, 1.807) is 23.7 Å². The third-order valence-corrected chi connectivity index (χ3v) is 5.59. The molecule has 0 aromatic heterocycles. The first-order chi connectivity index (χ1) is 10.1. The van der Waals surface area contributed by atoms with Gasteiger partial charge in [0.15, 0.2) is 0 Å². The fraction of sp³-hybridized carbons (Fsp3) is 0.500. The summed E-state index contributed by atoms with van der Waals surface area (Å²) in [5.74, 6) is 0.378. The second-order valence-electron chi connectivity index (χ2n) is 5.34. The van der Waals surface area contributed by atoms with E-state index in [0.29, 0.717) is 11.8 Å². The lowest BCUT2D eigenvalue weighted by Crippen LogP contribution is -2.36. The van der Waals surface area contributed by atoms with Crippen molar-refractivity contribution in [2.75, 3.05) is 31.3 Å². The lowest BCUT2D eigenvalue weighted by atomic mass is 10.1. The summed E-state index contributed by atoms with van der Waals surface area (Å²) in [7, 11) is 2.10. The smallest absolute Gasteiger partial charge is 0.130 e. The van der Waals surface area contributed by atoms with Gasteiger partial charge in [-0.05, 0) is 57.1 Å². The standard InChI is InChI=1S/C16H24N2OS2/c1-5-6-7-12(2)18-9-8-17(3)21-15-11-14(19)16(20-4)10-13(15)18/h5,10-12,19H,1,6-9H2,2-4H3. The zero-order valence-corrected chi connectivity index (χ0v) is 14.6. The number of thioether (sulfide) groups is 1. The molecule has 1 atom stereocenters. The van der Waals surface area contributed by atoms with Crippen LogP contribution in [0.3, 0.4) is 0 Å². The summed E-state index contributed by atoms with van der Waals surface area (Å²) in [6, 6.07) is 4.50. The molecule has 0 radical (unpaired) electrons. The van der Waals surface area contributed by atoms with E-state index >= 15 is 0 Å². The summed E-state index contributed by atoms with van der Waals surface area (Å²) < 4.78 is 2.23. The molecule has 5 heteroatoms. The minimum absolute atomic E-state index is 0.378. The van der Waals surface area contributed by atoms with Crippen LogP contribution < -0.4 is 4.90 Å². The van der Waals surface area contributed by atoms with Gasteiger partial charge in [-0.2, -0.15) is 0 Å². The van der Waals surface area contributed by atoms with E-state index in [1.165, 1.54) is 5.69 Å². The average molecular weight is 325 g/mol. The van der Waals surface area contributed by atoms with Crippen LogP contribution in [-0.2, 0) is 0 Å². The molecule has 21 heavy (non-hydrogen) atoms. The van der Waals surface area contributed by atoms with E-state index in [-0.39, 0.29) is 0 Å². The average Bonchev–Trinajstić information content (AvgIpc) is 2.61. The van der Waals surface area contributed by atoms with E-state index in [2.05, 4.69) is 35.8 Å². The molecule has 1 unspecified atom stereocenters. The first kappa shape index (κ1) is 16.6. The second-order valence-corrected chi connectivity index (χ2v) is 7.44. The van der Waals surface area contributed by atoms with E-state index in [4.69, 9.17) is 0 Å². The normalized spacial score (nSPS) is 17.2. The maximum absolute atomic E-state index is 10.1. The molecule has 1 heterocycles. The Balaban J connectivity index is 2.38. The van der Waals surface area contributed by atoms with E-state index in [1.807, 2.05) is 18.4 Å². The number of likely N-dealkylation sites (N-methyl/N-ethyl adjacent to an activating group) is 1. The van der Waals surface area contributed by atoms with Gasteiger partial charge in [-0.25, -0.2) is 4.31 Å². The van der Waals surface area contributed by atoms with Gasteiger partial charge in [-0.1, -0.05) is 6.08 Å². The van der Waals surface area contributed by atoms with Crippen molar-refractivity contribution in [3.8, 4) is 5.75 Å². The molecular formula is C16H24N2OS2. The summed E-state index contributed by atoms with van der Waals surface area (Å²) in [5.41, 5.74) is 1.24. The lowest BCUT2D eigenvalue weighted by Gasteiger charge is -2.31. The highest BCUT2D eigenvalue weighted by Crippen LogP contribution is 2.42. The number of anilines is 1. The van der Waals surface area contributed by atoms with Gasteiger partial charge in [0.25, 0.3) is 0 Å². The van der Waals surface area contributed by atoms with Crippen LogP contribution in [0.5, 0.6) is 5.75 Å². The number of allylic oxidation sites excluding steroid dienone is 1. The molecule has 0 amide bonds. The molecule has 1 N–H and O–H groups in total. The van der Waals surface area contributed by atoms with Gasteiger partial charge in [0.05, 0.1) is 15.5 Å². The summed E-state index contributed by atoms with van der Waals surface area (Å²) in [6.45, 7) is 8.11. The highest BCUT2D eigenvalue weighted by Gasteiger charge is 2.24. The van der Waals surface area contributed by atoms with Crippen LogP contribution in [0.1, 0.15) is 19.8 Å². The minimum atomic E-state index is 0.378. The van der Waals surface area contributed by atoms with Crippen molar-refractivity contribution in [3.05, 3.63) is 24.8 Å². The number of phenolic OH excluding ortho intramolecular Hbond substituents is 1. The van der Waals surface area contributed by atoms with Crippen LogP contribution in [0.15, 0.2) is 34.6 Å². The van der Waals surface area contributed by atoms with Crippen LogP contribution in [-0.4, -0.2) is 41.8 Å². The van der Waals surface area contributed by atoms with Crippen LogP contribution in [0.25, 0.3) is 0 Å². The van der Waals surface area contributed by atoms with Gasteiger partial charge >= 0.3 is 0 Å². The summed E-state index contributed by atoms with van der Waals surface area (Å²) in [6.07, 6.45) is 6.12. The molecule has 0 saturated carbocycles. The van der Waals surface area contributed by atoms with Crippen LogP contribution >= 0.6 is 23.7 Å². The second kappa shape index (κ2) is 7.47. The van der Waals surface area contributed by atoms with E-state index in [0.717, 1.165) is 35.7 Å². The quantitative estimate of drug-likeness (QED) is 0.497. The highest BCUT2D eigenvalue weighted by molar-refractivity contribution is 7.98. The highest BCUT2D eigenvalue weighted by atomic mass is 32.2. The number of hydrogen-bond acceptors (Lipinski definition) is 5. The number of hydrogen-bond donors (Lipinski definition) is 1. The Morgan fingerprint density at radius 1 is 1.48 bits per heavy atom. The number of nitrogens with zero attached hydrogens (tertiary/aromatic N) is 2. The van der Waals surface area contributed by atoms with Gasteiger partial charge in [0.2, 0.25) is 0 Å². The van der Waals surface area contributed by atoms with Crippen molar-refractivity contribution < 1.29 is 5.11 Å². The molecule has 0 saturated heterocycles. The van der Waals surface area contributed by atoms with Crippen molar-refractivity contribution in [1.29, 1.82) is 0 Å². The largest absolute Gasteiger partial charge is 0.507 e. The Morgan fingerprint density at radius 3 is 2.90 bits per heavy atom. The van der Waals surface area contributed by atoms with Gasteiger partial charge in [0, 0.05) is 19.1 Å². The number of aromatic hydroxyl groups is 1. The van der Waals surface area contributed by atoms with Crippen LogP contribution in [0.2, 0.25) is 0 Å². The van der Waals surface area contributed by atoms with Crippen molar-refractivity contribution in [3.63, 3.8) is 0 Å². The van der Waals surface area contributed by atoms with E-state index < -0.39 is 0 Å². The Bertz CT molecular complexity index is 507. The van der Waals surface area contributed by atoms with Gasteiger partial charge in [-0.15, -0.1) is 18.3 Å². The Labute approximate surface area is 136 Å². The third kappa shape index (κ3) is 3.90. The molecule has 3 nitrogen and oxygen atoms in total. The maximum atomic E-state index is 10.1. The predicted molar refractivity (Wildman–Crippen MR) is 94.6 cm³/mol. The van der Waals surface area contributed by atoms with E-state index in [9.17, 15) is 5.11 Å². The zero-order valence-electron chi connectivity index (χ0n) is 13.0. The molecule has 1 aliphatic rings. The molecule has 0 spiro atoms. The lowest BCUT2D eigenvalue weighted by molar-refractivity contribution is 0.460. The minimum Gasteiger partial charge on any atom is -0.507 e. The monoisotopic (exact) mass is 324 g/mol. The van der Waals surface area contributed by atoms with Crippen LogP contribution in [0, 0.1) is 0 Å². The third-order valence-electron chi connectivity index (χ3n) is 3.80. The molecular weight excluding hydrogens is 300 g/mol. The fourth-order valence-corrected chi connectivity index (χ4v) is 4.00. The molecule has 0 aliphatic carbocycles. The number of phenols is 1. The number of fused-ring (bicyclic) bond motifs is 1. The number of rotatable bonds is 5.